The second-order valence-corrected chi connectivity index (χ2v) is 5.54. The normalized spacial score (nSPS) is 21.7. The average molecular weight is 270 g/mol. The van der Waals surface area contributed by atoms with E-state index in [0.717, 1.165) is 25.9 Å². The fourth-order valence-corrected chi connectivity index (χ4v) is 2.58. The van der Waals surface area contributed by atoms with Crippen molar-refractivity contribution in [3.8, 4) is 0 Å². The molecule has 1 aliphatic heterocycles. The maximum atomic E-state index is 10.9. The van der Waals surface area contributed by atoms with Gasteiger partial charge in [-0.3, -0.25) is 4.79 Å². The minimum absolute atomic E-state index is 0.193. The molecule has 2 heterocycles. The molecule has 1 saturated heterocycles. The molecule has 3 N–H and O–H groups in total. The van der Waals surface area contributed by atoms with Crippen LogP contribution in [0.5, 0.6) is 0 Å². The summed E-state index contributed by atoms with van der Waals surface area (Å²) in [6.07, 6.45) is 2.21. The number of hydrogen-bond donors (Lipinski definition) is 2. The Bertz CT molecular complexity index is 404. The number of carbonyl (C=O) groups excluding carboxylic acids is 1. The van der Waals surface area contributed by atoms with Crippen LogP contribution < -0.4 is 11.1 Å². The van der Waals surface area contributed by atoms with Gasteiger partial charge in [0, 0.05) is 24.1 Å². The Labute approximate surface area is 110 Å². The summed E-state index contributed by atoms with van der Waals surface area (Å²) in [6, 6.07) is 0. The van der Waals surface area contributed by atoms with Gasteiger partial charge in [0.25, 0.3) is 5.22 Å². The van der Waals surface area contributed by atoms with Crippen molar-refractivity contribution in [3.05, 3.63) is 5.89 Å². The van der Waals surface area contributed by atoms with Gasteiger partial charge in [-0.1, -0.05) is 18.7 Å². The van der Waals surface area contributed by atoms with Crippen LogP contribution >= 0.6 is 11.8 Å². The van der Waals surface area contributed by atoms with Crippen molar-refractivity contribution in [2.45, 2.75) is 30.9 Å². The smallest absolute Gasteiger partial charge is 0.276 e. The van der Waals surface area contributed by atoms with Gasteiger partial charge in [-0.15, -0.1) is 10.2 Å². The molecule has 0 spiro atoms. The third kappa shape index (κ3) is 3.46. The van der Waals surface area contributed by atoms with Crippen LogP contribution in [0.2, 0.25) is 0 Å². The van der Waals surface area contributed by atoms with Crippen molar-refractivity contribution in [1.29, 1.82) is 0 Å². The highest BCUT2D eigenvalue weighted by atomic mass is 32.2. The highest BCUT2D eigenvalue weighted by Gasteiger charge is 2.21. The van der Waals surface area contributed by atoms with Crippen molar-refractivity contribution < 1.29 is 9.21 Å². The predicted octanol–water partition coefficient (Wildman–Crippen LogP) is 0.750. The fraction of sp³-hybridized carbons (Fsp3) is 0.727. The lowest BCUT2D eigenvalue weighted by Gasteiger charge is -2.18. The van der Waals surface area contributed by atoms with Gasteiger partial charge in [0.15, 0.2) is 0 Å². The van der Waals surface area contributed by atoms with Crippen molar-refractivity contribution in [2.75, 3.05) is 18.8 Å². The van der Waals surface area contributed by atoms with Crippen molar-refractivity contribution in [3.63, 3.8) is 0 Å². The van der Waals surface area contributed by atoms with Crippen LogP contribution in [0.1, 0.15) is 31.6 Å². The summed E-state index contributed by atoms with van der Waals surface area (Å²) in [7, 11) is 0. The van der Waals surface area contributed by atoms with Crippen LogP contribution in [0.15, 0.2) is 9.64 Å². The van der Waals surface area contributed by atoms with E-state index in [1.54, 1.807) is 6.92 Å². The highest BCUT2D eigenvalue weighted by molar-refractivity contribution is 7.99. The Morgan fingerprint density at radius 1 is 1.67 bits per heavy atom. The van der Waals surface area contributed by atoms with Crippen LogP contribution in [0.4, 0.5) is 0 Å². The van der Waals surface area contributed by atoms with Gasteiger partial charge in [0.1, 0.15) is 0 Å². The van der Waals surface area contributed by atoms with E-state index in [9.17, 15) is 4.79 Å². The van der Waals surface area contributed by atoms with E-state index in [4.69, 9.17) is 10.2 Å². The van der Waals surface area contributed by atoms with Gasteiger partial charge in [-0.25, -0.2) is 0 Å². The first-order valence-corrected chi connectivity index (χ1v) is 7.11. The van der Waals surface area contributed by atoms with Crippen LogP contribution in [-0.2, 0) is 4.79 Å². The van der Waals surface area contributed by atoms with E-state index in [1.165, 1.54) is 11.8 Å². The molecule has 0 aromatic carbocycles. The molecular formula is C11H18N4O2S. The summed E-state index contributed by atoms with van der Waals surface area (Å²) < 4.78 is 5.60. The molecule has 0 aliphatic carbocycles. The number of aromatic nitrogens is 2. The highest BCUT2D eigenvalue weighted by Crippen LogP contribution is 2.26. The largest absolute Gasteiger partial charge is 0.416 e. The average Bonchev–Trinajstić information content (AvgIpc) is 2.85. The van der Waals surface area contributed by atoms with Gasteiger partial charge in [-0.05, 0) is 19.4 Å². The zero-order valence-corrected chi connectivity index (χ0v) is 11.2. The third-order valence-electron chi connectivity index (χ3n) is 3.01. The predicted molar refractivity (Wildman–Crippen MR) is 68.2 cm³/mol. The molecular weight excluding hydrogens is 252 g/mol. The molecule has 2 unspecified atom stereocenters. The summed E-state index contributed by atoms with van der Waals surface area (Å²) in [5.74, 6) is 1.07. The topological polar surface area (TPSA) is 94.0 Å². The van der Waals surface area contributed by atoms with Gasteiger partial charge in [-0.2, -0.15) is 0 Å². The Hall–Kier alpha value is -1.08. The van der Waals surface area contributed by atoms with Crippen molar-refractivity contribution >= 4 is 17.7 Å². The number of rotatable bonds is 5. The monoisotopic (exact) mass is 270 g/mol. The summed E-state index contributed by atoms with van der Waals surface area (Å²) in [5, 5.41) is 11.9. The number of thioether (sulfide) groups is 1. The molecule has 18 heavy (non-hydrogen) atoms. The Kier molecular flexibility index (Phi) is 4.60. The Morgan fingerprint density at radius 2 is 2.50 bits per heavy atom. The fourth-order valence-electron chi connectivity index (χ4n) is 1.78. The summed E-state index contributed by atoms with van der Waals surface area (Å²) >= 11 is 1.38. The summed E-state index contributed by atoms with van der Waals surface area (Å²) in [4.78, 5) is 10.9. The second-order valence-electron chi connectivity index (χ2n) is 4.56. The standard InChI is InChI=1S/C11H18N4O2S/c1-7(9(12)16)6-18-11-15-14-10(17-11)8-3-2-4-13-5-8/h7-8,13H,2-6H2,1H3,(H2,12,16). The molecule has 2 atom stereocenters. The zero-order chi connectivity index (χ0) is 13.0. The van der Waals surface area contributed by atoms with Crippen LogP contribution in [0.25, 0.3) is 0 Å². The van der Waals surface area contributed by atoms with Gasteiger partial charge >= 0.3 is 0 Å². The lowest BCUT2D eigenvalue weighted by atomic mass is 10.00. The number of hydrogen-bond acceptors (Lipinski definition) is 6. The quantitative estimate of drug-likeness (QED) is 0.767. The lowest BCUT2D eigenvalue weighted by molar-refractivity contribution is -0.120. The lowest BCUT2D eigenvalue weighted by Crippen LogP contribution is -2.28. The SMILES string of the molecule is CC(CSc1nnc(C2CCCNC2)o1)C(N)=O. The van der Waals surface area contributed by atoms with Crippen molar-refractivity contribution in [2.24, 2.45) is 11.7 Å². The maximum absolute atomic E-state index is 10.9. The number of nitrogens with zero attached hydrogens (tertiary/aromatic N) is 2. The summed E-state index contributed by atoms with van der Waals surface area (Å²) in [6.45, 7) is 3.74. The molecule has 0 bridgehead atoms. The number of nitrogens with one attached hydrogen (secondary N) is 1. The van der Waals surface area contributed by atoms with E-state index < -0.39 is 0 Å². The first-order chi connectivity index (χ1) is 8.66. The Balaban J connectivity index is 1.87. The number of nitrogens with two attached hydrogens (primary N) is 1. The number of piperidine rings is 1. The minimum Gasteiger partial charge on any atom is -0.416 e. The molecule has 1 aromatic heterocycles. The molecule has 1 fully saturated rings. The van der Waals surface area contributed by atoms with Crippen LogP contribution in [-0.4, -0.2) is 34.9 Å². The van der Waals surface area contributed by atoms with E-state index in [2.05, 4.69) is 15.5 Å². The molecule has 1 aliphatic rings. The molecule has 0 radical (unpaired) electrons. The Morgan fingerprint density at radius 3 is 3.17 bits per heavy atom. The van der Waals surface area contributed by atoms with E-state index in [1.807, 2.05) is 0 Å². The van der Waals surface area contributed by atoms with Gasteiger partial charge < -0.3 is 15.5 Å². The molecule has 1 aromatic rings. The van der Waals surface area contributed by atoms with Crippen LogP contribution in [0, 0.1) is 5.92 Å². The van der Waals surface area contributed by atoms with Gasteiger partial charge in [0.05, 0.1) is 0 Å². The number of primary amides is 1. The molecule has 1 amide bonds. The maximum Gasteiger partial charge on any atom is 0.276 e. The molecule has 0 saturated carbocycles. The number of amides is 1. The number of carbonyl (C=O) groups is 1. The first kappa shape index (κ1) is 13.4. The van der Waals surface area contributed by atoms with Crippen molar-refractivity contribution in [1.82, 2.24) is 15.5 Å². The van der Waals surface area contributed by atoms with E-state index >= 15 is 0 Å². The van der Waals surface area contributed by atoms with E-state index in [-0.39, 0.29) is 11.8 Å². The first-order valence-electron chi connectivity index (χ1n) is 6.13. The molecule has 2 rings (SSSR count). The van der Waals surface area contributed by atoms with E-state index in [0.29, 0.717) is 22.8 Å². The zero-order valence-electron chi connectivity index (χ0n) is 10.4. The summed E-state index contributed by atoms with van der Waals surface area (Å²) in [5.41, 5.74) is 5.20. The molecule has 100 valence electrons. The second kappa shape index (κ2) is 6.19. The molecule has 7 heteroatoms. The van der Waals surface area contributed by atoms with Crippen LogP contribution in [0.3, 0.4) is 0 Å². The minimum atomic E-state index is -0.307. The third-order valence-corrected chi connectivity index (χ3v) is 4.09. The van der Waals surface area contributed by atoms with Gasteiger partial charge in [0.2, 0.25) is 11.8 Å². The molecule has 6 nitrogen and oxygen atoms in total.